The number of H-pyrrole nitrogens is 1. The van der Waals surface area contributed by atoms with Gasteiger partial charge in [0.15, 0.2) is 11.6 Å². The van der Waals surface area contributed by atoms with E-state index in [1.54, 1.807) is 37.1 Å². The van der Waals surface area contributed by atoms with E-state index < -0.39 is 5.82 Å². The summed E-state index contributed by atoms with van der Waals surface area (Å²) in [6.07, 6.45) is 12.8. The summed E-state index contributed by atoms with van der Waals surface area (Å²) in [7, 11) is 0. The van der Waals surface area contributed by atoms with Crippen molar-refractivity contribution in [3.05, 3.63) is 84.3 Å². The van der Waals surface area contributed by atoms with Crippen molar-refractivity contribution in [1.82, 2.24) is 34.9 Å². The zero-order valence-corrected chi connectivity index (χ0v) is 20.9. The van der Waals surface area contributed by atoms with Crippen LogP contribution in [-0.2, 0) is 4.79 Å². The highest BCUT2D eigenvalue weighted by Gasteiger charge is 2.44. The number of amides is 1. The van der Waals surface area contributed by atoms with E-state index in [9.17, 15) is 4.79 Å². The minimum absolute atomic E-state index is 0.0176. The SMILES string of the molecule is CCCC(=O)Nc1cncc(-c2ncc3c(c2F)C(c2nc4c(-c5ccncc5)cncc4[nH]2)=NN2CC32)c1. The third-order valence-corrected chi connectivity index (χ3v) is 6.84. The fourth-order valence-electron chi connectivity index (χ4n) is 4.91. The largest absolute Gasteiger partial charge is 0.335 e. The van der Waals surface area contributed by atoms with Crippen molar-refractivity contribution in [3.63, 3.8) is 0 Å². The van der Waals surface area contributed by atoms with E-state index in [2.05, 4.69) is 30.2 Å². The summed E-state index contributed by atoms with van der Waals surface area (Å²) < 4.78 is 16.3. The summed E-state index contributed by atoms with van der Waals surface area (Å²) in [5.74, 6) is -0.191. The Morgan fingerprint density at radius 3 is 2.79 bits per heavy atom. The second-order valence-corrected chi connectivity index (χ2v) is 9.50. The number of carbonyl (C=O) groups excluding carboxylic acids is 1. The molecule has 5 aromatic rings. The van der Waals surface area contributed by atoms with Crippen LogP contribution in [0.3, 0.4) is 0 Å². The molecule has 10 nitrogen and oxygen atoms in total. The molecule has 0 bridgehead atoms. The molecule has 2 aliphatic heterocycles. The number of imidazole rings is 1. The number of fused-ring (bicyclic) bond motifs is 4. The third kappa shape index (κ3) is 3.99. The molecule has 7 rings (SSSR count). The molecule has 1 unspecified atom stereocenters. The van der Waals surface area contributed by atoms with Gasteiger partial charge in [-0.3, -0.25) is 29.7 Å². The number of rotatable bonds is 6. The number of pyridine rings is 4. The highest BCUT2D eigenvalue weighted by Crippen LogP contribution is 2.43. The van der Waals surface area contributed by atoms with Gasteiger partial charge in [-0.15, -0.1) is 0 Å². The summed E-state index contributed by atoms with van der Waals surface area (Å²) >= 11 is 0. The van der Waals surface area contributed by atoms with Crippen LogP contribution in [0, 0.1) is 5.82 Å². The van der Waals surface area contributed by atoms with Gasteiger partial charge in [0.2, 0.25) is 5.91 Å². The lowest BCUT2D eigenvalue weighted by Crippen LogP contribution is -2.18. The molecule has 5 aromatic heterocycles. The Morgan fingerprint density at radius 1 is 1.10 bits per heavy atom. The van der Waals surface area contributed by atoms with Crippen molar-refractivity contribution in [1.29, 1.82) is 0 Å². The number of nitrogens with zero attached hydrogens (tertiary/aromatic N) is 7. The second-order valence-electron chi connectivity index (χ2n) is 9.50. The normalized spacial score (nSPS) is 15.5. The number of carbonyl (C=O) groups is 1. The summed E-state index contributed by atoms with van der Waals surface area (Å²) in [5.41, 5.74) is 5.77. The number of hydrogen-bond acceptors (Lipinski definition) is 8. The molecule has 0 aliphatic carbocycles. The molecule has 0 spiro atoms. The van der Waals surface area contributed by atoms with Gasteiger partial charge < -0.3 is 10.3 Å². The first-order valence-electron chi connectivity index (χ1n) is 12.6. The monoisotopic (exact) mass is 519 g/mol. The zero-order chi connectivity index (χ0) is 26.5. The van der Waals surface area contributed by atoms with E-state index in [0.29, 0.717) is 52.3 Å². The van der Waals surface area contributed by atoms with Crippen LogP contribution in [0.15, 0.2) is 66.7 Å². The number of hydrazone groups is 1. The highest BCUT2D eigenvalue weighted by molar-refractivity contribution is 6.14. The van der Waals surface area contributed by atoms with E-state index >= 15 is 4.39 Å². The van der Waals surface area contributed by atoms with Crippen molar-refractivity contribution < 1.29 is 9.18 Å². The van der Waals surface area contributed by atoms with Crippen LogP contribution >= 0.6 is 0 Å². The lowest BCUT2D eigenvalue weighted by atomic mass is 9.97. The van der Waals surface area contributed by atoms with Gasteiger partial charge in [0.1, 0.15) is 11.4 Å². The number of aromatic nitrogens is 6. The van der Waals surface area contributed by atoms with Gasteiger partial charge in [-0.1, -0.05) is 6.92 Å². The molecule has 2 N–H and O–H groups in total. The number of halogens is 1. The van der Waals surface area contributed by atoms with Crippen molar-refractivity contribution in [2.45, 2.75) is 25.8 Å². The predicted octanol–water partition coefficient (Wildman–Crippen LogP) is 4.48. The third-order valence-electron chi connectivity index (χ3n) is 6.84. The molecular formula is C28H22FN9O. The molecule has 0 saturated carbocycles. The topological polar surface area (TPSA) is 125 Å². The van der Waals surface area contributed by atoms with Crippen LogP contribution in [0.25, 0.3) is 33.4 Å². The van der Waals surface area contributed by atoms with Crippen molar-refractivity contribution >= 4 is 28.3 Å². The summed E-state index contributed by atoms with van der Waals surface area (Å²) in [4.78, 5) is 37.3. The van der Waals surface area contributed by atoms with Crippen LogP contribution in [0.4, 0.5) is 10.1 Å². The maximum absolute atomic E-state index is 16.3. The maximum atomic E-state index is 16.3. The van der Waals surface area contributed by atoms with Gasteiger partial charge >= 0.3 is 0 Å². The number of hydrogen-bond donors (Lipinski definition) is 2. The molecule has 7 heterocycles. The number of aromatic amines is 1. The number of anilines is 1. The lowest BCUT2D eigenvalue weighted by molar-refractivity contribution is -0.116. The van der Waals surface area contributed by atoms with Gasteiger partial charge in [0, 0.05) is 54.1 Å². The highest BCUT2D eigenvalue weighted by atomic mass is 19.1. The molecule has 1 atom stereocenters. The first-order chi connectivity index (χ1) is 19.1. The Kier molecular flexibility index (Phi) is 5.36. The Hall–Kier alpha value is -5.06. The van der Waals surface area contributed by atoms with Gasteiger partial charge in [-0.2, -0.15) is 5.10 Å². The maximum Gasteiger partial charge on any atom is 0.224 e. The van der Waals surface area contributed by atoms with Crippen molar-refractivity contribution in [2.24, 2.45) is 5.10 Å². The van der Waals surface area contributed by atoms with E-state index in [4.69, 9.17) is 10.1 Å². The second kappa shape index (κ2) is 9.05. The van der Waals surface area contributed by atoms with Crippen LogP contribution < -0.4 is 5.32 Å². The Bertz CT molecular complexity index is 1780. The Morgan fingerprint density at radius 2 is 1.95 bits per heavy atom. The predicted molar refractivity (Wildman–Crippen MR) is 143 cm³/mol. The van der Waals surface area contributed by atoms with E-state index in [0.717, 1.165) is 23.1 Å². The van der Waals surface area contributed by atoms with Crippen molar-refractivity contribution in [2.75, 3.05) is 11.9 Å². The smallest absolute Gasteiger partial charge is 0.224 e. The molecule has 39 heavy (non-hydrogen) atoms. The molecule has 0 radical (unpaired) electrons. The fourth-order valence-corrected chi connectivity index (χ4v) is 4.91. The molecule has 192 valence electrons. The number of nitrogens with one attached hydrogen (secondary N) is 2. The van der Waals surface area contributed by atoms with Gasteiger partial charge in [0.25, 0.3) is 0 Å². The average molecular weight is 520 g/mol. The van der Waals surface area contributed by atoms with E-state index in [1.165, 1.54) is 12.4 Å². The molecule has 1 saturated heterocycles. The van der Waals surface area contributed by atoms with Crippen LogP contribution in [0.1, 0.15) is 42.8 Å². The molecular weight excluding hydrogens is 497 g/mol. The summed E-state index contributed by atoms with van der Waals surface area (Å²) in [5, 5.41) is 9.42. The van der Waals surface area contributed by atoms with Crippen molar-refractivity contribution in [3.8, 4) is 22.4 Å². The van der Waals surface area contributed by atoms with Crippen LogP contribution in [0.2, 0.25) is 0 Å². The van der Waals surface area contributed by atoms with Crippen LogP contribution in [0.5, 0.6) is 0 Å². The minimum atomic E-state index is -0.510. The first-order valence-corrected chi connectivity index (χ1v) is 12.6. The Labute approximate surface area is 222 Å². The van der Waals surface area contributed by atoms with Gasteiger partial charge in [-0.05, 0) is 30.2 Å². The van der Waals surface area contributed by atoms with E-state index in [-0.39, 0.29) is 17.6 Å². The zero-order valence-electron chi connectivity index (χ0n) is 20.9. The minimum Gasteiger partial charge on any atom is -0.335 e. The Balaban J connectivity index is 1.32. The fraction of sp³-hybridized carbons (Fsp3) is 0.179. The first kappa shape index (κ1) is 23.1. The standard InChI is InChI=1S/C28H22FN9O/c1-2-3-22(39)34-17-8-16(9-31-10-17)25-24(29)23-19(12-33-25)21-14-38(21)37-27(23)28-35-20-13-32-11-18(26(20)36-28)15-4-6-30-7-5-15/h4-13,21H,2-3,14H2,1H3,(H,34,39)(H,35,36). The summed E-state index contributed by atoms with van der Waals surface area (Å²) in [6.45, 7) is 2.61. The average Bonchev–Trinajstić information content (AvgIpc) is 3.61. The molecule has 11 heteroatoms. The molecule has 2 aliphatic rings. The lowest BCUT2D eigenvalue weighted by Gasteiger charge is -2.18. The summed E-state index contributed by atoms with van der Waals surface area (Å²) in [6, 6.07) is 5.44. The molecule has 1 amide bonds. The van der Waals surface area contributed by atoms with Gasteiger partial charge in [0.05, 0.1) is 47.3 Å². The quantitative estimate of drug-likeness (QED) is 0.317. The molecule has 1 fully saturated rings. The van der Waals surface area contributed by atoms with E-state index in [1.807, 2.05) is 24.1 Å². The van der Waals surface area contributed by atoms with Gasteiger partial charge in [-0.25, -0.2) is 9.37 Å². The molecule has 0 aromatic carbocycles. The van der Waals surface area contributed by atoms with Crippen LogP contribution in [-0.4, -0.2) is 53.1 Å².